The van der Waals surface area contributed by atoms with Crippen LogP contribution in [-0.2, 0) is 7.05 Å². The molecule has 0 spiro atoms. The van der Waals surface area contributed by atoms with Crippen molar-refractivity contribution in [2.24, 2.45) is 13.0 Å². The number of nitrogens with one attached hydrogen (secondary N) is 1. The van der Waals surface area contributed by atoms with E-state index in [4.69, 9.17) is 0 Å². The first kappa shape index (κ1) is 13.9. The molecule has 0 saturated heterocycles. The lowest BCUT2D eigenvalue weighted by molar-refractivity contribution is 0.0917. The quantitative estimate of drug-likeness (QED) is 0.777. The van der Waals surface area contributed by atoms with Gasteiger partial charge >= 0.3 is 0 Å². The summed E-state index contributed by atoms with van der Waals surface area (Å²) >= 11 is 0. The Morgan fingerprint density at radius 2 is 2.17 bits per heavy atom. The molecule has 1 aliphatic rings. The molecule has 0 bridgehead atoms. The van der Waals surface area contributed by atoms with E-state index in [1.807, 2.05) is 30.8 Å². The van der Waals surface area contributed by atoms with Gasteiger partial charge in [-0.2, -0.15) is 0 Å². The number of fused-ring (bicyclic) bond motifs is 1. The van der Waals surface area contributed by atoms with Crippen molar-refractivity contribution in [1.82, 2.24) is 34.4 Å². The summed E-state index contributed by atoms with van der Waals surface area (Å²) in [6.45, 7) is 1.87. The Labute approximate surface area is 132 Å². The van der Waals surface area contributed by atoms with E-state index >= 15 is 0 Å². The van der Waals surface area contributed by atoms with Crippen LogP contribution in [-0.4, -0.2) is 35.0 Å². The van der Waals surface area contributed by atoms with Crippen molar-refractivity contribution in [3.63, 3.8) is 0 Å². The van der Waals surface area contributed by atoms with Gasteiger partial charge in [0.15, 0.2) is 0 Å². The van der Waals surface area contributed by atoms with Crippen molar-refractivity contribution < 1.29 is 4.79 Å². The molecule has 8 heteroatoms. The zero-order valence-corrected chi connectivity index (χ0v) is 13.0. The summed E-state index contributed by atoms with van der Waals surface area (Å²) in [4.78, 5) is 21.3. The van der Waals surface area contributed by atoms with Crippen LogP contribution in [0, 0.1) is 12.8 Å². The Bertz CT molecular complexity index is 877. The number of hydrogen-bond acceptors (Lipinski definition) is 5. The lowest BCUT2D eigenvalue weighted by atomic mass is 10.1. The number of hydrogen-bond donors (Lipinski definition) is 1. The molecule has 1 amide bonds. The second-order valence-electron chi connectivity index (χ2n) is 5.95. The van der Waals surface area contributed by atoms with E-state index in [-0.39, 0.29) is 17.8 Å². The largest absolute Gasteiger partial charge is 0.339 e. The zero-order valence-electron chi connectivity index (χ0n) is 13.0. The van der Waals surface area contributed by atoms with Gasteiger partial charge in [0.2, 0.25) is 5.82 Å². The van der Waals surface area contributed by atoms with Crippen LogP contribution in [0.25, 0.3) is 5.78 Å². The maximum absolute atomic E-state index is 12.7. The summed E-state index contributed by atoms with van der Waals surface area (Å²) in [5, 5.41) is 11.0. The first-order valence-electron chi connectivity index (χ1n) is 7.60. The van der Waals surface area contributed by atoms with Crippen molar-refractivity contribution in [2.45, 2.75) is 25.8 Å². The van der Waals surface area contributed by atoms with Gasteiger partial charge in [0.25, 0.3) is 11.7 Å². The molecule has 8 nitrogen and oxygen atoms in total. The Morgan fingerprint density at radius 1 is 1.35 bits per heavy atom. The normalized spacial score (nSPS) is 15.7. The second kappa shape index (κ2) is 5.15. The molecular formula is C15H17N7O. The molecule has 1 saturated carbocycles. The highest BCUT2D eigenvalue weighted by molar-refractivity contribution is 5.91. The molecule has 118 valence electrons. The lowest BCUT2D eigenvalue weighted by Gasteiger charge is -2.17. The van der Waals surface area contributed by atoms with Gasteiger partial charge in [-0.3, -0.25) is 9.20 Å². The molecule has 0 aromatic carbocycles. The van der Waals surface area contributed by atoms with Gasteiger partial charge in [-0.15, -0.1) is 10.2 Å². The Balaban J connectivity index is 1.64. The number of carbonyl (C=O) groups excluding carboxylic acids is 1. The second-order valence-corrected chi connectivity index (χ2v) is 5.95. The van der Waals surface area contributed by atoms with Crippen molar-refractivity contribution in [2.75, 3.05) is 0 Å². The molecule has 3 aromatic heterocycles. The third-order valence-corrected chi connectivity index (χ3v) is 4.14. The van der Waals surface area contributed by atoms with Crippen LogP contribution in [0.1, 0.15) is 41.0 Å². The van der Waals surface area contributed by atoms with E-state index < -0.39 is 0 Å². The van der Waals surface area contributed by atoms with Gasteiger partial charge in [-0.25, -0.2) is 9.97 Å². The molecule has 4 rings (SSSR count). The molecule has 1 fully saturated rings. The van der Waals surface area contributed by atoms with Gasteiger partial charge in [-0.05, 0) is 31.7 Å². The highest BCUT2D eigenvalue weighted by Gasteiger charge is 2.36. The first-order chi connectivity index (χ1) is 11.1. The topological polar surface area (TPSA) is 90.0 Å². The zero-order chi connectivity index (χ0) is 16.0. The van der Waals surface area contributed by atoms with Crippen LogP contribution < -0.4 is 5.32 Å². The minimum absolute atomic E-state index is 0.103. The number of rotatable bonds is 4. The number of nitrogens with zero attached hydrogens (tertiary/aromatic N) is 6. The third-order valence-electron chi connectivity index (χ3n) is 4.14. The van der Waals surface area contributed by atoms with Gasteiger partial charge in [0.1, 0.15) is 5.82 Å². The highest BCUT2D eigenvalue weighted by atomic mass is 16.2. The lowest BCUT2D eigenvalue weighted by Crippen LogP contribution is -2.32. The minimum atomic E-state index is -0.261. The van der Waals surface area contributed by atoms with Crippen LogP contribution in [0.5, 0.6) is 0 Å². The summed E-state index contributed by atoms with van der Waals surface area (Å²) in [6.07, 6.45) is 7.59. The molecule has 0 radical (unpaired) electrons. The van der Waals surface area contributed by atoms with E-state index in [1.165, 1.54) is 0 Å². The van der Waals surface area contributed by atoms with Gasteiger partial charge in [0, 0.05) is 31.3 Å². The number of imidazole rings is 1. The van der Waals surface area contributed by atoms with Crippen molar-refractivity contribution in [3.8, 4) is 0 Å². The predicted molar refractivity (Wildman–Crippen MR) is 81.7 cm³/mol. The summed E-state index contributed by atoms with van der Waals surface area (Å²) in [5.74, 6) is 1.70. The van der Waals surface area contributed by atoms with Crippen molar-refractivity contribution in [3.05, 3.63) is 42.0 Å². The molecule has 3 heterocycles. The van der Waals surface area contributed by atoms with E-state index in [9.17, 15) is 4.79 Å². The van der Waals surface area contributed by atoms with Gasteiger partial charge < -0.3 is 9.88 Å². The van der Waals surface area contributed by atoms with E-state index in [0.29, 0.717) is 11.7 Å². The van der Waals surface area contributed by atoms with Crippen LogP contribution in [0.15, 0.2) is 24.7 Å². The maximum Gasteiger partial charge on any atom is 0.290 e. The fourth-order valence-corrected chi connectivity index (χ4v) is 2.73. The van der Waals surface area contributed by atoms with E-state index in [0.717, 1.165) is 24.4 Å². The number of amides is 1. The maximum atomic E-state index is 12.7. The molecule has 1 unspecified atom stereocenters. The van der Waals surface area contributed by atoms with Crippen LogP contribution in [0.2, 0.25) is 0 Å². The van der Waals surface area contributed by atoms with Crippen LogP contribution in [0.4, 0.5) is 0 Å². The van der Waals surface area contributed by atoms with Gasteiger partial charge in [0.05, 0.1) is 6.04 Å². The molecule has 1 atom stereocenters. The van der Waals surface area contributed by atoms with Crippen LogP contribution >= 0.6 is 0 Å². The van der Waals surface area contributed by atoms with E-state index in [1.54, 1.807) is 16.8 Å². The number of aromatic nitrogens is 6. The smallest absolute Gasteiger partial charge is 0.290 e. The summed E-state index contributed by atoms with van der Waals surface area (Å²) in [7, 11) is 1.93. The van der Waals surface area contributed by atoms with Gasteiger partial charge in [-0.1, -0.05) is 0 Å². The Hall–Kier alpha value is -2.77. The average Bonchev–Trinajstić information content (AvgIpc) is 3.15. The number of aryl methyl sites for hydroxylation is 2. The average molecular weight is 311 g/mol. The Morgan fingerprint density at radius 3 is 2.87 bits per heavy atom. The SMILES string of the molecule is Cc1ccn2c(C(=O)NC(c3nccn3C)C3CC3)nnc2n1. The summed E-state index contributed by atoms with van der Waals surface area (Å²) in [6, 6.07) is 1.72. The van der Waals surface area contributed by atoms with Crippen molar-refractivity contribution >= 4 is 11.7 Å². The predicted octanol–water partition coefficient (Wildman–Crippen LogP) is 1.05. The minimum Gasteiger partial charge on any atom is -0.339 e. The molecule has 3 aromatic rings. The number of carbonyl (C=O) groups is 1. The van der Waals surface area contributed by atoms with Crippen LogP contribution in [0.3, 0.4) is 0 Å². The monoisotopic (exact) mass is 311 g/mol. The van der Waals surface area contributed by atoms with E-state index in [2.05, 4.69) is 25.5 Å². The van der Waals surface area contributed by atoms with Crippen molar-refractivity contribution in [1.29, 1.82) is 0 Å². The Kier molecular flexibility index (Phi) is 3.10. The fraction of sp³-hybridized carbons (Fsp3) is 0.400. The molecule has 0 aliphatic heterocycles. The summed E-state index contributed by atoms with van der Waals surface area (Å²) < 4.78 is 3.54. The molecule has 23 heavy (non-hydrogen) atoms. The molecule has 1 aliphatic carbocycles. The fourth-order valence-electron chi connectivity index (χ4n) is 2.73. The summed E-state index contributed by atoms with van der Waals surface area (Å²) in [5.41, 5.74) is 0.834. The molecule has 1 N–H and O–H groups in total. The first-order valence-corrected chi connectivity index (χ1v) is 7.60. The third kappa shape index (κ3) is 2.45. The molecular weight excluding hydrogens is 294 g/mol. The standard InChI is InChI=1S/C15H17N7O/c1-9-5-7-22-13(19-20-15(22)17-9)14(23)18-11(10-3-4-10)12-16-6-8-21(12)2/h5-8,10-11H,3-4H2,1-2H3,(H,18,23). The highest BCUT2D eigenvalue weighted by Crippen LogP contribution is 2.40.